The molecule has 3 heterocycles. The number of sulfonamides is 1. The molecule has 1 unspecified atom stereocenters. The standard InChI is InChI=1S/C19H26N6O4S/c1-20-30(28,29)15-8-9-16(17(12-15)25(26)27)23-10-5-6-14(13-23)19-22-21-18-7-3-2-4-11-24(18)19/h8-9,12,14,20H,2-7,10-11,13H2,1H3. The highest BCUT2D eigenvalue weighted by molar-refractivity contribution is 7.89. The van der Waals surface area contributed by atoms with Crippen LogP contribution in [0.4, 0.5) is 11.4 Å². The van der Waals surface area contributed by atoms with E-state index in [1.54, 1.807) is 0 Å². The molecule has 0 amide bonds. The highest BCUT2D eigenvalue weighted by Crippen LogP contribution is 2.36. The minimum atomic E-state index is -3.76. The first-order chi connectivity index (χ1) is 14.4. The van der Waals surface area contributed by atoms with Crippen LogP contribution in [-0.2, 0) is 23.0 Å². The van der Waals surface area contributed by atoms with Gasteiger partial charge in [0.15, 0.2) is 0 Å². The molecule has 4 rings (SSSR count). The van der Waals surface area contributed by atoms with Crippen LogP contribution in [0.2, 0.25) is 0 Å². The number of hydrogen-bond acceptors (Lipinski definition) is 7. The Morgan fingerprint density at radius 2 is 2.00 bits per heavy atom. The highest BCUT2D eigenvalue weighted by atomic mass is 32.2. The van der Waals surface area contributed by atoms with Crippen molar-refractivity contribution in [3.63, 3.8) is 0 Å². The molecule has 2 aliphatic heterocycles. The van der Waals surface area contributed by atoms with Gasteiger partial charge in [0.25, 0.3) is 5.69 Å². The number of hydrogen-bond donors (Lipinski definition) is 1. The molecule has 1 fully saturated rings. The number of rotatable bonds is 5. The molecule has 0 saturated carbocycles. The van der Waals surface area contributed by atoms with Gasteiger partial charge in [-0.05, 0) is 44.9 Å². The number of fused-ring (bicyclic) bond motifs is 1. The second-order valence-corrected chi connectivity index (χ2v) is 9.72. The lowest BCUT2D eigenvalue weighted by molar-refractivity contribution is -0.384. The lowest BCUT2D eigenvalue weighted by atomic mass is 9.96. The molecule has 162 valence electrons. The lowest BCUT2D eigenvalue weighted by Crippen LogP contribution is -2.36. The van der Waals surface area contributed by atoms with Gasteiger partial charge >= 0.3 is 0 Å². The maximum absolute atomic E-state index is 12.1. The van der Waals surface area contributed by atoms with Crippen molar-refractivity contribution < 1.29 is 13.3 Å². The Hall–Kier alpha value is -2.53. The molecule has 30 heavy (non-hydrogen) atoms. The zero-order valence-electron chi connectivity index (χ0n) is 17.0. The molecule has 1 N–H and O–H groups in total. The molecule has 2 aromatic rings. The molecule has 0 bridgehead atoms. The molecule has 0 spiro atoms. The number of nitro benzene ring substituents is 1. The van der Waals surface area contributed by atoms with Gasteiger partial charge in [0.05, 0.1) is 9.82 Å². The number of aromatic nitrogens is 3. The Morgan fingerprint density at radius 3 is 2.77 bits per heavy atom. The molecular formula is C19H26N6O4S. The third kappa shape index (κ3) is 3.91. The van der Waals surface area contributed by atoms with E-state index in [1.165, 1.54) is 25.6 Å². The number of nitrogens with one attached hydrogen (secondary N) is 1. The summed E-state index contributed by atoms with van der Waals surface area (Å²) in [5.74, 6) is 2.14. The molecule has 11 heteroatoms. The Morgan fingerprint density at radius 1 is 1.17 bits per heavy atom. The van der Waals surface area contributed by atoms with E-state index in [2.05, 4.69) is 19.5 Å². The van der Waals surface area contributed by atoms with Crippen molar-refractivity contribution in [3.8, 4) is 0 Å². The van der Waals surface area contributed by atoms with Gasteiger partial charge in [-0.1, -0.05) is 6.42 Å². The maximum Gasteiger partial charge on any atom is 0.293 e. The highest BCUT2D eigenvalue weighted by Gasteiger charge is 2.31. The minimum Gasteiger partial charge on any atom is -0.365 e. The van der Waals surface area contributed by atoms with Crippen LogP contribution in [-0.4, -0.2) is 48.2 Å². The van der Waals surface area contributed by atoms with Gasteiger partial charge in [-0.2, -0.15) is 0 Å². The van der Waals surface area contributed by atoms with Gasteiger partial charge in [-0.25, -0.2) is 13.1 Å². The zero-order chi connectivity index (χ0) is 21.3. The zero-order valence-corrected chi connectivity index (χ0v) is 17.8. The van der Waals surface area contributed by atoms with E-state index in [0.29, 0.717) is 18.8 Å². The number of nitrogens with zero attached hydrogens (tertiary/aromatic N) is 5. The molecule has 0 radical (unpaired) electrons. The summed E-state index contributed by atoms with van der Waals surface area (Å²) in [6.45, 7) is 2.19. The Balaban J connectivity index is 1.64. The van der Waals surface area contributed by atoms with Crippen molar-refractivity contribution in [3.05, 3.63) is 40.0 Å². The van der Waals surface area contributed by atoms with Crippen molar-refractivity contribution in [1.29, 1.82) is 0 Å². The number of piperidine rings is 1. The van der Waals surface area contributed by atoms with E-state index in [4.69, 9.17) is 0 Å². The first-order valence-corrected chi connectivity index (χ1v) is 11.8. The van der Waals surface area contributed by atoms with Gasteiger partial charge in [-0.3, -0.25) is 10.1 Å². The number of aryl methyl sites for hydroxylation is 1. The predicted molar refractivity (Wildman–Crippen MR) is 111 cm³/mol. The number of nitro groups is 1. The largest absolute Gasteiger partial charge is 0.365 e. The van der Waals surface area contributed by atoms with Crippen LogP contribution in [0.5, 0.6) is 0 Å². The summed E-state index contributed by atoms with van der Waals surface area (Å²) in [5, 5.41) is 20.6. The summed E-state index contributed by atoms with van der Waals surface area (Å²) in [6.07, 6.45) is 6.20. The van der Waals surface area contributed by atoms with Crippen LogP contribution < -0.4 is 9.62 Å². The Bertz CT molecular complexity index is 1050. The van der Waals surface area contributed by atoms with Crippen molar-refractivity contribution in [1.82, 2.24) is 19.5 Å². The number of anilines is 1. The van der Waals surface area contributed by atoms with Crippen LogP contribution in [0.15, 0.2) is 23.1 Å². The van der Waals surface area contributed by atoms with E-state index >= 15 is 0 Å². The summed E-state index contributed by atoms with van der Waals surface area (Å²) in [6, 6.07) is 4.09. The van der Waals surface area contributed by atoms with Crippen molar-refractivity contribution in [2.75, 3.05) is 25.0 Å². The van der Waals surface area contributed by atoms with Gasteiger partial charge in [0, 0.05) is 38.0 Å². The smallest absolute Gasteiger partial charge is 0.293 e. The van der Waals surface area contributed by atoms with E-state index in [9.17, 15) is 18.5 Å². The maximum atomic E-state index is 12.1. The van der Waals surface area contributed by atoms with Gasteiger partial charge in [-0.15, -0.1) is 10.2 Å². The van der Waals surface area contributed by atoms with E-state index in [1.807, 2.05) is 4.90 Å². The SMILES string of the molecule is CNS(=O)(=O)c1ccc(N2CCCC(c3nnc4n3CCCCC4)C2)c([N+](=O)[O-])c1. The molecule has 1 saturated heterocycles. The average molecular weight is 435 g/mol. The van der Waals surface area contributed by atoms with Crippen LogP contribution in [0, 0.1) is 10.1 Å². The molecule has 10 nitrogen and oxygen atoms in total. The van der Waals surface area contributed by atoms with Crippen LogP contribution in [0.3, 0.4) is 0 Å². The van der Waals surface area contributed by atoms with E-state index in [0.717, 1.165) is 56.4 Å². The third-order valence-electron chi connectivity index (χ3n) is 5.99. The van der Waals surface area contributed by atoms with Gasteiger partial charge in [0.1, 0.15) is 17.3 Å². The summed E-state index contributed by atoms with van der Waals surface area (Å²) >= 11 is 0. The molecular weight excluding hydrogens is 408 g/mol. The summed E-state index contributed by atoms with van der Waals surface area (Å²) in [7, 11) is -2.47. The third-order valence-corrected chi connectivity index (χ3v) is 7.40. The summed E-state index contributed by atoms with van der Waals surface area (Å²) in [5.41, 5.74) is 0.238. The van der Waals surface area contributed by atoms with Crippen LogP contribution in [0.1, 0.15) is 49.7 Å². The Labute approximate surface area is 175 Å². The van der Waals surface area contributed by atoms with Crippen molar-refractivity contribution in [2.45, 2.75) is 55.9 Å². The molecule has 1 aromatic heterocycles. The predicted octanol–water partition coefficient (Wildman–Crippen LogP) is 2.20. The van der Waals surface area contributed by atoms with E-state index in [-0.39, 0.29) is 16.5 Å². The number of benzene rings is 1. The topological polar surface area (TPSA) is 123 Å². The summed E-state index contributed by atoms with van der Waals surface area (Å²) < 4.78 is 28.6. The average Bonchev–Trinajstić information content (AvgIpc) is 3.01. The second-order valence-electron chi connectivity index (χ2n) is 7.84. The lowest BCUT2D eigenvalue weighted by Gasteiger charge is -2.33. The Kier molecular flexibility index (Phi) is 5.74. The molecule has 1 atom stereocenters. The van der Waals surface area contributed by atoms with Crippen molar-refractivity contribution in [2.24, 2.45) is 0 Å². The minimum absolute atomic E-state index is 0.114. The molecule has 0 aliphatic carbocycles. The van der Waals surface area contributed by atoms with E-state index < -0.39 is 14.9 Å². The first kappa shape index (κ1) is 20.7. The second kappa shape index (κ2) is 8.31. The molecule has 1 aromatic carbocycles. The fraction of sp³-hybridized carbons (Fsp3) is 0.579. The van der Waals surface area contributed by atoms with Gasteiger partial charge < -0.3 is 9.47 Å². The van der Waals surface area contributed by atoms with Crippen molar-refractivity contribution >= 4 is 21.4 Å². The van der Waals surface area contributed by atoms with Crippen LogP contribution >= 0.6 is 0 Å². The van der Waals surface area contributed by atoms with Gasteiger partial charge in [0.2, 0.25) is 10.0 Å². The quantitative estimate of drug-likeness (QED) is 0.565. The fourth-order valence-corrected chi connectivity index (χ4v) is 5.17. The normalized spacial score (nSPS) is 19.9. The fourth-order valence-electron chi connectivity index (χ4n) is 4.42. The first-order valence-electron chi connectivity index (χ1n) is 10.3. The molecule has 2 aliphatic rings. The monoisotopic (exact) mass is 434 g/mol. The van der Waals surface area contributed by atoms with Crippen LogP contribution in [0.25, 0.3) is 0 Å². The summed E-state index contributed by atoms with van der Waals surface area (Å²) in [4.78, 5) is 13.1.